The molecule has 0 aromatic heterocycles. The van der Waals surface area contributed by atoms with Gasteiger partial charge in [0.15, 0.2) is 5.78 Å². The number of allylic oxidation sites excluding steroid dienone is 2. The van der Waals surface area contributed by atoms with Crippen molar-refractivity contribution in [3.8, 4) is 34.1 Å². The molecule has 0 fully saturated rings. The molecule has 1 atom stereocenters. The van der Waals surface area contributed by atoms with Crippen LogP contribution in [0.1, 0.15) is 88.1 Å². The SMILES string of the molecule is COC1=CC(=O)C=C(C)[C@]1(O)C(=O)Oc1c(C)c(C)c(C(=O)Oc2cc(C)c(C(=O)Oc3c(C)c(C)c(C(=O)O)c(C)c3C)c(C)c2C)c(O)c1-c1ccccc1. The van der Waals surface area contributed by atoms with Crippen molar-refractivity contribution in [1.29, 1.82) is 0 Å². The zero-order valence-corrected chi connectivity index (χ0v) is 33.6. The molecule has 57 heavy (non-hydrogen) atoms. The summed E-state index contributed by atoms with van der Waals surface area (Å²) in [6.45, 7) is 16.2. The summed E-state index contributed by atoms with van der Waals surface area (Å²) in [6.07, 6.45) is 2.07. The maximum absolute atomic E-state index is 14.1. The predicted molar refractivity (Wildman–Crippen MR) is 210 cm³/mol. The fourth-order valence-corrected chi connectivity index (χ4v) is 7.14. The van der Waals surface area contributed by atoms with E-state index in [0.717, 1.165) is 12.2 Å². The van der Waals surface area contributed by atoms with E-state index in [2.05, 4.69) is 0 Å². The summed E-state index contributed by atoms with van der Waals surface area (Å²) in [6, 6.07) is 9.89. The molecule has 0 heterocycles. The Hall–Kier alpha value is -6.53. The van der Waals surface area contributed by atoms with Gasteiger partial charge in [-0.1, -0.05) is 30.3 Å². The third-order valence-electron chi connectivity index (χ3n) is 10.9. The second kappa shape index (κ2) is 15.5. The van der Waals surface area contributed by atoms with Gasteiger partial charge in [-0.15, -0.1) is 0 Å². The molecule has 0 bridgehead atoms. The largest absolute Gasteiger partial charge is 0.506 e. The number of benzene rings is 4. The molecule has 1 aliphatic carbocycles. The third kappa shape index (κ3) is 7.08. The van der Waals surface area contributed by atoms with Gasteiger partial charge in [0, 0.05) is 6.08 Å². The van der Waals surface area contributed by atoms with E-state index in [0.29, 0.717) is 44.5 Å². The molecule has 1 aliphatic rings. The Morgan fingerprint density at radius 1 is 0.632 bits per heavy atom. The van der Waals surface area contributed by atoms with Gasteiger partial charge in [0.05, 0.1) is 23.8 Å². The van der Waals surface area contributed by atoms with Crippen LogP contribution in [0.4, 0.5) is 0 Å². The van der Waals surface area contributed by atoms with Crippen LogP contribution in [0, 0.1) is 62.3 Å². The maximum atomic E-state index is 14.1. The van der Waals surface area contributed by atoms with Crippen LogP contribution in [0.3, 0.4) is 0 Å². The summed E-state index contributed by atoms with van der Waals surface area (Å²) in [5, 5.41) is 33.2. The van der Waals surface area contributed by atoms with Crippen molar-refractivity contribution in [3.63, 3.8) is 0 Å². The third-order valence-corrected chi connectivity index (χ3v) is 10.9. The lowest BCUT2D eigenvalue weighted by Crippen LogP contribution is -2.47. The number of rotatable bonds is 9. The van der Waals surface area contributed by atoms with Crippen molar-refractivity contribution < 1.29 is 58.2 Å². The number of ether oxygens (including phenoxy) is 4. The number of carbonyl (C=O) groups is 5. The molecule has 0 saturated carbocycles. The number of hydrogen-bond acceptors (Lipinski definition) is 11. The summed E-state index contributed by atoms with van der Waals surface area (Å²) in [5.41, 5.74) is 1.82. The Labute approximate surface area is 330 Å². The monoisotopic (exact) mass is 776 g/mol. The smallest absolute Gasteiger partial charge is 0.356 e. The molecule has 0 aliphatic heterocycles. The van der Waals surface area contributed by atoms with E-state index in [1.54, 1.807) is 85.7 Å². The molecule has 4 aromatic carbocycles. The Morgan fingerprint density at radius 2 is 1.16 bits per heavy atom. The molecule has 12 nitrogen and oxygen atoms in total. The molecular formula is C45H44O12. The van der Waals surface area contributed by atoms with Crippen molar-refractivity contribution in [2.24, 2.45) is 0 Å². The normalized spacial score (nSPS) is 15.1. The molecule has 0 radical (unpaired) electrons. The first-order valence-electron chi connectivity index (χ1n) is 17.9. The molecule has 296 valence electrons. The lowest BCUT2D eigenvalue weighted by atomic mass is 9.87. The van der Waals surface area contributed by atoms with E-state index in [-0.39, 0.29) is 62.0 Å². The van der Waals surface area contributed by atoms with Crippen molar-refractivity contribution >= 4 is 29.7 Å². The molecule has 0 amide bonds. The zero-order valence-electron chi connectivity index (χ0n) is 33.6. The number of carboxylic acid groups (broad SMARTS) is 1. The number of hydrogen-bond donors (Lipinski definition) is 3. The Balaban J connectivity index is 1.55. The minimum Gasteiger partial charge on any atom is -0.506 e. The second-order valence-corrected chi connectivity index (χ2v) is 14.2. The van der Waals surface area contributed by atoms with Crippen LogP contribution in [0.25, 0.3) is 11.1 Å². The maximum Gasteiger partial charge on any atom is 0.356 e. The highest BCUT2D eigenvalue weighted by Crippen LogP contribution is 2.46. The highest BCUT2D eigenvalue weighted by molar-refractivity contribution is 6.06. The first kappa shape index (κ1) is 41.6. The van der Waals surface area contributed by atoms with Crippen LogP contribution in [-0.4, -0.2) is 57.7 Å². The van der Waals surface area contributed by atoms with Crippen molar-refractivity contribution in [2.45, 2.75) is 74.8 Å². The Bertz CT molecular complexity index is 2460. The first-order valence-corrected chi connectivity index (χ1v) is 17.9. The molecule has 3 N–H and O–H groups in total. The zero-order chi connectivity index (χ0) is 42.4. The van der Waals surface area contributed by atoms with Crippen molar-refractivity contribution in [3.05, 3.63) is 127 Å². The number of methoxy groups -OCH3 is 1. The number of aryl methyl sites for hydroxylation is 1. The van der Waals surface area contributed by atoms with Gasteiger partial charge >= 0.3 is 23.9 Å². The highest BCUT2D eigenvalue weighted by Gasteiger charge is 2.48. The van der Waals surface area contributed by atoms with Crippen LogP contribution < -0.4 is 14.2 Å². The predicted octanol–water partition coefficient (Wildman–Crippen LogP) is 7.67. The number of esters is 3. The molecular weight excluding hydrogens is 732 g/mol. The lowest BCUT2D eigenvalue weighted by molar-refractivity contribution is -0.151. The highest BCUT2D eigenvalue weighted by atomic mass is 16.6. The second-order valence-electron chi connectivity index (χ2n) is 14.2. The average molecular weight is 777 g/mol. The molecule has 12 heteroatoms. The van der Waals surface area contributed by atoms with Crippen LogP contribution in [-0.2, 0) is 14.3 Å². The minimum absolute atomic E-state index is 0.0336. The van der Waals surface area contributed by atoms with Gasteiger partial charge in [0.1, 0.15) is 34.3 Å². The molecule has 0 spiro atoms. The van der Waals surface area contributed by atoms with E-state index in [1.807, 2.05) is 0 Å². The van der Waals surface area contributed by atoms with Crippen molar-refractivity contribution in [1.82, 2.24) is 0 Å². The first-order chi connectivity index (χ1) is 26.7. The van der Waals surface area contributed by atoms with Crippen LogP contribution in [0.2, 0.25) is 0 Å². The fraction of sp³-hybridized carbons (Fsp3) is 0.267. The topological polar surface area (TPSA) is 183 Å². The van der Waals surface area contributed by atoms with Gasteiger partial charge < -0.3 is 34.3 Å². The van der Waals surface area contributed by atoms with E-state index in [9.17, 15) is 39.3 Å². The summed E-state index contributed by atoms with van der Waals surface area (Å²) in [4.78, 5) is 65.7. The van der Waals surface area contributed by atoms with Gasteiger partial charge in [-0.3, -0.25) is 4.79 Å². The number of aromatic hydroxyl groups is 1. The molecule has 5 rings (SSSR count). The van der Waals surface area contributed by atoms with Gasteiger partial charge in [0.25, 0.3) is 0 Å². The quantitative estimate of drug-likeness (QED) is 0.112. The van der Waals surface area contributed by atoms with Gasteiger partial charge in [-0.25, -0.2) is 19.2 Å². The number of carbonyl (C=O) groups excluding carboxylic acids is 4. The van der Waals surface area contributed by atoms with Gasteiger partial charge in [0.2, 0.25) is 5.60 Å². The Morgan fingerprint density at radius 3 is 1.72 bits per heavy atom. The summed E-state index contributed by atoms with van der Waals surface area (Å²) >= 11 is 0. The molecule has 0 saturated heterocycles. The van der Waals surface area contributed by atoms with Gasteiger partial charge in [-0.05, 0) is 143 Å². The molecule has 4 aromatic rings. The van der Waals surface area contributed by atoms with E-state index in [1.165, 1.54) is 27.0 Å². The number of ketones is 1. The Kier molecular flexibility index (Phi) is 11.4. The summed E-state index contributed by atoms with van der Waals surface area (Å²) in [5.74, 6) is -5.07. The van der Waals surface area contributed by atoms with E-state index < -0.39 is 41.0 Å². The summed E-state index contributed by atoms with van der Waals surface area (Å²) < 4.78 is 22.9. The van der Waals surface area contributed by atoms with Crippen LogP contribution >= 0.6 is 0 Å². The number of phenols is 1. The number of carboxylic acids is 1. The van der Waals surface area contributed by atoms with E-state index >= 15 is 0 Å². The number of aliphatic hydroxyl groups is 1. The summed E-state index contributed by atoms with van der Waals surface area (Å²) in [7, 11) is 1.20. The van der Waals surface area contributed by atoms with Crippen molar-refractivity contribution in [2.75, 3.05) is 7.11 Å². The average Bonchev–Trinajstić information content (AvgIpc) is 3.15. The number of phenolic OH excluding ortho intramolecular Hbond substituents is 1. The number of aromatic carboxylic acids is 1. The minimum atomic E-state index is -2.46. The van der Waals surface area contributed by atoms with Crippen LogP contribution in [0.15, 0.2) is 59.9 Å². The lowest BCUT2D eigenvalue weighted by Gasteiger charge is -2.31. The fourth-order valence-electron chi connectivity index (χ4n) is 7.14. The van der Waals surface area contributed by atoms with Gasteiger partial charge in [-0.2, -0.15) is 0 Å². The van der Waals surface area contributed by atoms with Crippen LogP contribution in [0.5, 0.6) is 23.0 Å². The molecule has 0 unspecified atom stereocenters. The standard InChI is InChI=1S/C45H44O12/c1-20-17-32(22(3)23(4)34(20)42(50)56-39-27(8)24(5)35(41(48)49)25(6)28(39)9)55-43(51)36-26(7)29(10)40(37(38(36)47)30-15-13-12-14-16-30)57-44(52)45(53)21(2)18-31(46)19-33(45)54-11/h12-19,47,53H,1-11H3,(H,48,49)/t45-/m1/s1. The van der Waals surface area contributed by atoms with E-state index in [4.69, 9.17) is 18.9 Å².